The SMILES string of the molecule is CC(C)c1cccc(O)c1CN. The maximum absolute atomic E-state index is 9.46. The van der Waals surface area contributed by atoms with Gasteiger partial charge in [-0.25, -0.2) is 0 Å². The van der Waals surface area contributed by atoms with Gasteiger partial charge in [0.1, 0.15) is 5.75 Å². The van der Waals surface area contributed by atoms with Gasteiger partial charge in [-0.3, -0.25) is 0 Å². The zero-order valence-electron chi connectivity index (χ0n) is 7.54. The fourth-order valence-electron chi connectivity index (χ4n) is 1.36. The molecule has 0 radical (unpaired) electrons. The van der Waals surface area contributed by atoms with Crippen molar-refractivity contribution in [1.82, 2.24) is 0 Å². The predicted molar refractivity (Wildman–Crippen MR) is 50.1 cm³/mol. The van der Waals surface area contributed by atoms with Crippen molar-refractivity contribution in [1.29, 1.82) is 0 Å². The Bertz CT molecular complexity index is 269. The summed E-state index contributed by atoms with van der Waals surface area (Å²) in [6.45, 7) is 4.59. The Kier molecular flexibility index (Phi) is 2.71. The maximum Gasteiger partial charge on any atom is 0.120 e. The Labute approximate surface area is 73.0 Å². The van der Waals surface area contributed by atoms with Gasteiger partial charge in [-0.1, -0.05) is 26.0 Å². The van der Waals surface area contributed by atoms with Gasteiger partial charge in [-0.2, -0.15) is 0 Å². The molecule has 12 heavy (non-hydrogen) atoms. The van der Waals surface area contributed by atoms with Crippen LogP contribution in [0.25, 0.3) is 0 Å². The van der Waals surface area contributed by atoms with Crippen LogP contribution in [0.1, 0.15) is 30.9 Å². The molecule has 0 unspecified atom stereocenters. The molecule has 0 spiro atoms. The van der Waals surface area contributed by atoms with Crippen molar-refractivity contribution in [2.24, 2.45) is 5.73 Å². The minimum atomic E-state index is 0.309. The summed E-state index contributed by atoms with van der Waals surface area (Å²) >= 11 is 0. The summed E-state index contributed by atoms with van der Waals surface area (Å²) in [6.07, 6.45) is 0. The van der Waals surface area contributed by atoms with Crippen molar-refractivity contribution in [2.45, 2.75) is 26.3 Å². The molecule has 2 nitrogen and oxygen atoms in total. The fraction of sp³-hybridized carbons (Fsp3) is 0.400. The van der Waals surface area contributed by atoms with Gasteiger partial charge >= 0.3 is 0 Å². The van der Waals surface area contributed by atoms with Crippen LogP contribution in [-0.2, 0) is 6.54 Å². The Morgan fingerprint density at radius 3 is 2.50 bits per heavy atom. The van der Waals surface area contributed by atoms with Gasteiger partial charge in [-0.05, 0) is 17.5 Å². The van der Waals surface area contributed by atoms with Crippen LogP contribution in [0, 0.1) is 0 Å². The van der Waals surface area contributed by atoms with E-state index in [2.05, 4.69) is 13.8 Å². The number of aromatic hydroxyl groups is 1. The molecule has 0 fully saturated rings. The summed E-state index contributed by atoms with van der Waals surface area (Å²) in [6, 6.07) is 5.53. The van der Waals surface area contributed by atoms with Crippen LogP contribution in [0.2, 0.25) is 0 Å². The highest BCUT2D eigenvalue weighted by atomic mass is 16.3. The summed E-state index contributed by atoms with van der Waals surface area (Å²) in [4.78, 5) is 0. The standard InChI is InChI=1S/C10H15NO/c1-7(2)8-4-3-5-10(12)9(8)6-11/h3-5,7,12H,6,11H2,1-2H3. The molecular formula is C10H15NO. The number of hydrogen-bond donors (Lipinski definition) is 2. The van der Waals surface area contributed by atoms with Gasteiger partial charge in [0.2, 0.25) is 0 Å². The summed E-state index contributed by atoms with van der Waals surface area (Å²) < 4.78 is 0. The van der Waals surface area contributed by atoms with Crippen LogP contribution < -0.4 is 5.73 Å². The largest absolute Gasteiger partial charge is 0.508 e. The van der Waals surface area contributed by atoms with Crippen LogP contribution >= 0.6 is 0 Å². The van der Waals surface area contributed by atoms with E-state index in [1.54, 1.807) is 6.07 Å². The average Bonchev–Trinajstić information content (AvgIpc) is 2.03. The molecule has 66 valence electrons. The lowest BCUT2D eigenvalue weighted by Crippen LogP contribution is -2.02. The summed E-state index contributed by atoms with van der Waals surface area (Å²) in [5.41, 5.74) is 7.53. The molecule has 0 saturated carbocycles. The highest BCUT2D eigenvalue weighted by Crippen LogP contribution is 2.26. The van der Waals surface area contributed by atoms with E-state index in [1.807, 2.05) is 12.1 Å². The third-order valence-corrected chi connectivity index (χ3v) is 2.01. The quantitative estimate of drug-likeness (QED) is 0.703. The highest BCUT2D eigenvalue weighted by Gasteiger charge is 2.07. The van der Waals surface area contributed by atoms with Crippen molar-refractivity contribution in [3.63, 3.8) is 0 Å². The van der Waals surface area contributed by atoms with Crippen molar-refractivity contribution >= 4 is 0 Å². The molecule has 0 amide bonds. The number of phenolic OH excluding ortho intramolecular Hbond substituents is 1. The zero-order valence-corrected chi connectivity index (χ0v) is 7.54. The Balaban J connectivity index is 3.18. The minimum Gasteiger partial charge on any atom is -0.508 e. The maximum atomic E-state index is 9.46. The average molecular weight is 165 g/mol. The molecule has 0 aliphatic carbocycles. The molecule has 3 N–H and O–H groups in total. The number of hydrogen-bond acceptors (Lipinski definition) is 2. The van der Waals surface area contributed by atoms with Gasteiger partial charge in [0.25, 0.3) is 0 Å². The Morgan fingerprint density at radius 2 is 2.08 bits per heavy atom. The summed E-state index contributed by atoms with van der Waals surface area (Å²) in [7, 11) is 0. The van der Waals surface area contributed by atoms with E-state index in [4.69, 9.17) is 5.73 Å². The zero-order chi connectivity index (χ0) is 9.14. The molecule has 0 aliphatic heterocycles. The molecule has 1 aromatic rings. The van der Waals surface area contributed by atoms with E-state index >= 15 is 0 Å². The lowest BCUT2D eigenvalue weighted by molar-refractivity contribution is 0.466. The first-order valence-corrected chi connectivity index (χ1v) is 4.17. The second-order valence-corrected chi connectivity index (χ2v) is 3.20. The van der Waals surface area contributed by atoms with Crippen LogP contribution in [0.15, 0.2) is 18.2 Å². The van der Waals surface area contributed by atoms with E-state index in [9.17, 15) is 5.11 Å². The molecule has 2 heteroatoms. The molecule has 0 aromatic heterocycles. The fourth-order valence-corrected chi connectivity index (χ4v) is 1.36. The second-order valence-electron chi connectivity index (χ2n) is 3.20. The first-order valence-electron chi connectivity index (χ1n) is 4.17. The van der Waals surface area contributed by atoms with Crippen LogP contribution in [0.4, 0.5) is 0 Å². The smallest absolute Gasteiger partial charge is 0.120 e. The number of benzene rings is 1. The van der Waals surface area contributed by atoms with E-state index in [0.717, 1.165) is 11.1 Å². The van der Waals surface area contributed by atoms with Gasteiger partial charge in [-0.15, -0.1) is 0 Å². The van der Waals surface area contributed by atoms with Gasteiger partial charge < -0.3 is 10.8 Å². The normalized spacial score (nSPS) is 10.7. The lowest BCUT2D eigenvalue weighted by Gasteiger charge is -2.12. The van der Waals surface area contributed by atoms with E-state index in [1.165, 1.54) is 0 Å². The van der Waals surface area contributed by atoms with Gasteiger partial charge in [0.05, 0.1) is 0 Å². The van der Waals surface area contributed by atoms with Gasteiger partial charge in [0, 0.05) is 12.1 Å². The topological polar surface area (TPSA) is 46.2 Å². The highest BCUT2D eigenvalue weighted by molar-refractivity contribution is 5.40. The molecular weight excluding hydrogens is 150 g/mol. The van der Waals surface area contributed by atoms with Crippen molar-refractivity contribution in [2.75, 3.05) is 0 Å². The molecule has 0 heterocycles. The summed E-state index contributed by atoms with van der Waals surface area (Å²) in [5.74, 6) is 0.722. The Morgan fingerprint density at radius 1 is 1.42 bits per heavy atom. The monoisotopic (exact) mass is 165 g/mol. The van der Waals surface area contributed by atoms with Crippen molar-refractivity contribution in [3.05, 3.63) is 29.3 Å². The first kappa shape index (κ1) is 9.07. The van der Waals surface area contributed by atoms with Gasteiger partial charge in [0.15, 0.2) is 0 Å². The van der Waals surface area contributed by atoms with Crippen LogP contribution in [0.5, 0.6) is 5.75 Å². The van der Waals surface area contributed by atoms with Crippen LogP contribution in [-0.4, -0.2) is 5.11 Å². The van der Waals surface area contributed by atoms with E-state index in [0.29, 0.717) is 18.2 Å². The lowest BCUT2D eigenvalue weighted by atomic mass is 9.96. The molecule has 1 rings (SSSR count). The summed E-state index contributed by atoms with van der Waals surface area (Å²) in [5, 5.41) is 9.46. The molecule has 0 atom stereocenters. The minimum absolute atomic E-state index is 0.309. The second kappa shape index (κ2) is 3.59. The molecule has 1 aromatic carbocycles. The number of nitrogens with two attached hydrogens (primary N) is 1. The van der Waals surface area contributed by atoms with E-state index in [-0.39, 0.29) is 0 Å². The number of rotatable bonds is 2. The Hall–Kier alpha value is -1.02. The molecule has 0 bridgehead atoms. The van der Waals surface area contributed by atoms with E-state index < -0.39 is 0 Å². The predicted octanol–water partition coefficient (Wildman–Crippen LogP) is 1.97. The molecule has 0 saturated heterocycles. The van der Waals surface area contributed by atoms with Crippen LogP contribution in [0.3, 0.4) is 0 Å². The third-order valence-electron chi connectivity index (χ3n) is 2.01. The number of phenols is 1. The third kappa shape index (κ3) is 1.59. The first-order chi connectivity index (χ1) is 5.66. The van der Waals surface area contributed by atoms with Crippen molar-refractivity contribution in [3.8, 4) is 5.75 Å². The molecule has 0 aliphatic rings. The van der Waals surface area contributed by atoms with Crippen molar-refractivity contribution < 1.29 is 5.11 Å².